The highest BCUT2D eigenvalue weighted by Crippen LogP contribution is 2.35. The van der Waals surface area contributed by atoms with Gasteiger partial charge in [-0.25, -0.2) is 0 Å². The summed E-state index contributed by atoms with van der Waals surface area (Å²) in [5, 5.41) is 0. The normalized spacial score (nSPS) is 19.7. The van der Waals surface area contributed by atoms with Crippen molar-refractivity contribution in [1.29, 1.82) is 0 Å². The molecule has 0 aromatic heterocycles. The number of nitrogens with one attached hydrogen (secondary N) is 1. The molecule has 0 aromatic carbocycles. The van der Waals surface area contributed by atoms with Crippen LogP contribution in [0.15, 0.2) is 0 Å². The van der Waals surface area contributed by atoms with Gasteiger partial charge in [-0.05, 0) is 37.5 Å². The first-order valence-corrected chi connectivity index (χ1v) is 6.29. The second-order valence-corrected chi connectivity index (χ2v) is 4.72. The molecule has 2 heteroatoms. The molecule has 0 saturated heterocycles. The van der Waals surface area contributed by atoms with E-state index in [9.17, 15) is 0 Å². The van der Waals surface area contributed by atoms with Gasteiger partial charge in [-0.1, -0.05) is 33.1 Å². The van der Waals surface area contributed by atoms with Gasteiger partial charge in [0.1, 0.15) is 0 Å². The van der Waals surface area contributed by atoms with E-state index in [0.29, 0.717) is 6.04 Å². The average molecular weight is 198 g/mol. The van der Waals surface area contributed by atoms with E-state index in [1.165, 1.54) is 44.9 Å². The van der Waals surface area contributed by atoms with Gasteiger partial charge < -0.3 is 0 Å². The number of hydrogen-bond acceptors (Lipinski definition) is 2. The van der Waals surface area contributed by atoms with Gasteiger partial charge >= 0.3 is 0 Å². The lowest BCUT2D eigenvalue weighted by Gasteiger charge is -2.38. The molecule has 1 unspecified atom stereocenters. The fourth-order valence-corrected chi connectivity index (χ4v) is 2.70. The van der Waals surface area contributed by atoms with Crippen LogP contribution < -0.4 is 11.3 Å². The number of hydrazine groups is 1. The van der Waals surface area contributed by atoms with E-state index >= 15 is 0 Å². The Morgan fingerprint density at radius 3 is 2.07 bits per heavy atom. The SMILES string of the molecule is CCCC(CCC)C(NN)C1CCC1. The smallest absolute Gasteiger partial charge is 0.0266 e. The van der Waals surface area contributed by atoms with Crippen molar-refractivity contribution in [1.82, 2.24) is 5.43 Å². The summed E-state index contributed by atoms with van der Waals surface area (Å²) in [6.07, 6.45) is 9.43. The van der Waals surface area contributed by atoms with Crippen LogP contribution in [-0.2, 0) is 0 Å². The minimum atomic E-state index is 0.587. The van der Waals surface area contributed by atoms with Gasteiger partial charge in [0.25, 0.3) is 0 Å². The van der Waals surface area contributed by atoms with E-state index < -0.39 is 0 Å². The van der Waals surface area contributed by atoms with Gasteiger partial charge in [-0.2, -0.15) is 0 Å². The summed E-state index contributed by atoms with van der Waals surface area (Å²) in [5.41, 5.74) is 3.07. The Kier molecular flexibility index (Phi) is 5.49. The molecule has 1 saturated carbocycles. The van der Waals surface area contributed by atoms with Crippen molar-refractivity contribution in [2.24, 2.45) is 17.7 Å². The molecule has 0 amide bonds. The fourth-order valence-electron chi connectivity index (χ4n) is 2.70. The Labute approximate surface area is 88.6 Å². The second kappa shape index (κ2) is 6.41. The Morgan fingerprint density at radius 2 is 1.79 bits per heavy atom. The minimum Gasteiger partial charge on any atom is -0.271 e. The van der Waals surface area contributed by atoms with Crippen molar-refractivity contribution in [3.63, 3.8) is 0 Å². The van der Waals surface area contributed by atoms with Crippen molar-refractivity contribution in [3.8, 4) is 0 Å². The van der Waals surface area contributed by atoms with Gasteiger partial charge in [-0.3, -0.25) is 11.3 Å². The van der Waals surface area contributed by atoms with Crippen molar-refractivity contribution in [2.75, 3.05) is 0 Å². The molecular formula is C12H26N2. The molecule has 1 rings (SSSR count). The summed E-state index contributed by atoms with van der Waals surface area (Å²) in [5.74, 6) is 7.36. The summed E-state index contributed by atoms with van der Waals surface area (Å²) in [6, 6.07) is 0.587. The van der Waals surface area contributed by atoms with E-state index in [1.807, 2.05) is 0 Å². The van der Waals surface area contributed by atoms with Crippen LogP contribution in [0.3, 0.4) is 0 Å². The van der Waals surface area contributed by atoms with Crippen molar-refractivity contribution in [2.45, 2.75) is 64.8 Å². The highest BCUT2D eigenvalue weighted by atomic mass is 15.2. The maximum Gasteiger partial charge on any atom is 0.0266 e. The first-order valence-electron chi connectivity index (χ1n) is 6.29. The predicted molar refractivity (Wildman–Crippen MR) is 61.8 cm³/mol. The molecule has 0 aliphatic heterocycles. The maximum absolute atomic E-state index is 5.69. The quantitative estimate of drug-likeness (QED) is 0.487. The molecule has 0 spiro atoms. The van der Waals surface area contributed by atoms with E-state index in [4.69, 9.17) is 5.84 Å². The van der Waals surface area contributed by atoms with Crippen molar-refractivity contribution < 1.29 is 0 Å². The van der Waals surface area contributed by atoms with Gasteiger partial charge in [0, 0.05) is 6.04 Å². The van der Waals surface area contributed by atoms with Gasteiger partial charge in [0.05, 0.1) is 0 Å². The first-order chi connectivity index (χ1) is 6.83. The summed E-state index contributed by atoms with van der Waals surface area (Å²) in [7, 11) is 0. The van der Waals surface area contributed by atoms with Crippen LogP contribution in [0.2, 0.25) is 0 Å². The predicted octanol–water partition coefficient (Wildman–Crippen LogP) is 2.83. The topological polar surface area (TPSA) is 38.0 Å². The molecule has 1 aliphatic carbocycles. The molecule has 2 nitrogen and oxygen atoms in total. The van der Waals surface area contributed by atoms with Crippen LogP contribution in [0.1, 0.15) is 58.8 Å². The summed E-state index contributed by atoms with van der Waals surface area (Å²) < 4.78 is 0. The van der Waals surface area contributed by atoms with E-state index in [-0.39, 0.29) is 0 Å². The standard InChI is InChI=1S/C12H26N2/c1-3-6-10(7-4-2)12(14-13)11-8-5-9-11/h10-12,14H,3-9,13H2,1-2H3. The van der Waals surface area contributed by atoms with Gasteiger partial charge in [-0.15, -0.1) is 0 Å². The van der Waals surface area contributed by atoms with Crippen LogP contribution in [-0.4, -0.2) is 6.04 Å². The Morgan fingerprint density at radius 1 is 1.21 bits per heavy atom. The third kappa shape index (κ3) is 2.96. The maximum atomic E-state index is 5.69. The highest BCUT2D eigenvalue weighted by molar-refractivity contribution is 4.86. The summed E-state index contributed by atoms with van der Waals surface area (Å²) >= 11 is 0. The van der Waals surface area contributed by atoms with Gasteiger partial charge in [0.15, 0.2) is 0 Å². The van der Waals surface area contributed by atoms with E-state index in [2.05, 4.69) is 19.3 Å². The van der Waals surface area contributed by atoms with E-state index in [1.54, 1.807) is 0 Å². The molecule has 1 fully saturated rings. The largest absolute Gasteiger partial charge is 0.271 e. The van der Waals surface area contributed by atoms with Crippen LogP contribution in [0.5, 0.6) is 0 Å². The fraction of sp³-hybridized carbons (Fsp3) is 1.00. The Hall–Kier alpha value is -0.0800. The lowest BCUT2D eigenvalue weighted by Crippen LogP contribution is -2.48. The monoisotopic (exact) mass is 198 g/mol. The molecule has 0 aromatic rings. The third-order valence-electron chi connectivity index (χ3n) is 3.68. The minimum absolute atomic E-state index is 0.587. The molecular weight excluding hydrogens is 172 g/mol. The molecule has 1 atom stereocenters. The van der Waals surface area contributed by atoms with Gasteiger partial charge in [0.2, 0.25) is 0 Å². The van der Waals surface area contributed by atoms with Crippen LogP contribution in [0.25, 0.3) is 0 Å². The zero-order valence-electron chi connectivity index (χ0n) is 9.76. The number of nitrogens with two attached hydrogens (primary N) is 1. The average Bonchev–Trinajstić information content (AvgIpc) is 2.10. The van der Waals surface area contributed by atoms with Crippen LogP contribution >= 0.6 is 0 Å². The van der Waals surface area contributed by atoms with Crippen LogP contribution in [0.4, 0.5) is 0 Å². The lowest BCUT2D eigenvalue weighted by atomic mass is 9.73. The lowest BCUT2D eigenvalue weighted by molar-refractivity contribution is 0.160. The molecule has 0 bridgehead atoms. The summed E-state index contributed by atoms with van der Waals surface area (Å²) in [4.78, 5) is 0. The Bertz CT molecular complexity index is 137. The molecule has 84 valence electrons. The van der Waals surface area contributed by atoms with Crippen molar-refractivity contribution >= 4 is 0 Å². The van der Waals surface area contributed by atoms with E-state index in [0.717, 1.165) is 11.8 Å². The molecule has 0 heterocycles. The zero-order chi connectivity index (χ0) is 10.4. The second-order valence-electron chi connectivity index (χ2n) is 4.72. The molecule has 1 aliphatic rings. The number of rotatable bonds is 7. The third-order valence-corrected chi connectivity index (χ3v) is 3.68. The highest BCUT2D eigenvalue weighted by Gasteiger charge is 2.31. The van der Waals surface area contributed by atoms with Crippen LogP contribution in [0, 0.1) is 11.8 Å². The molecule has 14 heavy (non-hydrogen) atoms. The van der Waals surface area contributed by atoms with Crippen molar-refractivity contribution in [3.05, 3.63) is 0 Å². The molecule has 0 radical (unpaired) electrons. The summed E-state index contributed by atoms with van der Waals surface area (Å²) in [6.45, 7) is 4.55. The zero-order valence-corrected chi connectivity index (χ0v) is 9.76. The first kappa shape index (κ1) is 12.0. The number of hydrogen-bond donors (Lipinski definition) is 2. The molecule has 3 N–H and O–H groups in total. The Balaban J connectivity index is 2.43.